The molecule has 2 atom stereocenters. The van der Waals surface area contributed by atoms with Crippen molar-refractivity contribution in [2.75, 3.05) is 0 Å². The van der Waals surface area contributed by atoms with Crippen molar-refractivity contribution in [3.05, 3.63) is 137 Å². The van der Waals surface area contributed by atoms with Gasteiger partial charge in [0.25, 0.3) is 0 Å². The third-order valence-electron chi connectivity index (χ3n) is 6.22. The van der Waals surface area contributed by atoms with Gasteiger partial charge in [-0.25, -0.2) is 9.98 Å². The third-order valence-corrected chi connectivity index (χ3v) is 6.22. The Labute approximate surface area is 182 Å². The van der Waals surface area contributed by atoms with Gasteiger partial charge in [0.1, 0.15) is 17.8 Å². The van der Waals surface area contributed by atoms with E-state index in [0.717, 1.165) is 17.8 Å². The SMILES string of the molecule is c1ccc(C(c2ccccc2)c2cccc(C3=NC4c5ccccc5CC4O3)n2)cc1. The molecule has 3 aromatic carbocycles. The monoisotopic (exact) mass is 402 g/mol. The maximum Gasteiger partial charge on any atom is 0.236 e. The average Bonchev–Trinajstić information content (AvgIpc) is 3.39. The van der Waals surface area contributed by atoms with Crippen molar-refractivity contribution in [1.29, 1.82) is 0 Å². The van der Waals surface area contributed by atoms with E-state index in [-0.39, 0.29) is 18.1 Å². The summed E-state index contributed by atoms with van der Waals surface area (Å²) in [5.41, 5.74) is 6.87. The molecule has 3 heteroatoms. The Morgan fingerprint density at radius 2 is 1.39 bits per heavy atom. The van der Waals surface area contributed by atoms with Gasteiger partial charge in [-0.2, -0.15) is 0 Å². The number of ether oxygens (including phenoxy) is 1. The van der Waals surface area contributed by atoms with E-state index < -0.39 is 0 Å². The van der Waals surface area contributed by atoms with Crippen molar-refractivity contribution in [1.82, 2.24) is 4.98 Å². The molecule has 0 N–H and O–H groups in total. The molecule has 150 valence electrons. The van der Waals surface area contributed by atoms with Gasteiger partial charge < -0.3 is 4.74 Å². The number of hydrogen-bond donors (Lipinski definition) is 0. The number of benzene rings is 3. The van der Waals surface area contributed by atoms with Gasteiger partial charge in [0, 0.05) is 6.42 Å². The quantitative estimate of drug-likeness (QED) is 0.438. The smallest absolute Gasteiger partial charge is 0.236 e. The second-order valence-electron chi connectivity index (χ2n) is 8.14. The fraction of sp³-hybridized carbons (Fsp3) is 0.143. The molecule has 0 saturated heterocycles. The molecule has 0 amide bonds. The molecule has 0 saturated carbocycles. The minimum absolute atomic E-state index is 0.0598. The van der Waals surface area contributed by atoms with Crippen molar-refractivity contribution in [2.45, 2.75) is 24.5 Å². The Hall–Kier alpha value is -3.72. The summed E-state index contributed by atoms with van der Waals surface area (Å²) in [5, 5.41) is 0. The molecule has 6 rings (SSSR count). The summed E-state index contributed by atoms with van der Waals surface area (Å²) in [6.07, 6.45) is 0.987. The van der Waals surface area contributed by atoms with E-state index in [1.54, 1.807) is 0 Å². The number of aliphatic imine (C=N–C) groups is 1. The molecule has 3 nitrogen and oxygen atoms in total. The lowest BCUT2D eigenvalue weighted by Crippen LogP contribution is -2.15. The number of hydrogen-bond acceptors (Lipinski definition) is 3. The van der Waals surface area contributed by atoms with Crippen molar-refractivity contribution in [3.63, 3.8) is 0 Å². The minimum Gasteiger partial charge on any atom is -0.470 e. The summed E-state index contributed by atoms with van der Waals surface area (Å²) < 4.78 is 6.29. The van der Waals surface area contributed by atoms with Crippen LogP contribution in [0.25, 0.3) is 0 Å². The van der Waals surface area contributed by atoms with Gasteiger partial charge in [-0.15, -0.1) is 0 Å². The molecular formula is C28H22N2O. The summed E-state index contributed by atoms with van der Waals surface area (Å²) in [7, 11) is 0. The molecule has 0 fully saturated rings. The Kier molecular flexibility index (Phi) is 4.38. The topological polar surface area (TPSA) is 34.5 Å². The van der Waals surface area contributed by atoms with E-state index in [1.165, 1.54) is 22.3 Å². The first-order chi connectivity index (χ1) is 15.4. The molecule has 0 radical (unpaired) electrons. The zero-order valence-electron chi connectivity index (χ0n) is 17.1. The highest BCUT2D eigenvalue weighted by Gasteiger charge is 2.39. The molecule has 2 heterocycles. The van der Waals surface area contributed by atoms with Crippen LogP contribution in [0.2, 0.25) is 0 Å². The van der Waals surface area contributed by atoms with Crippen LogP contribution in [0.1, 0.15) is 45.6 Å². The van der Waals surface area contributed by atoms with Crippen LogP contribution in [0.15, 0.2) is 108 Å². The molecular weight excluding hydrogens is 380 g/mol. The lowest BCUT2D eigenvalue weighted by Gasteiger charge is -2.18. The van der Waals surface area contributed by atoms with E-state index in [1.807, 2.05) is 18.2 Å². The summed E-state index contributed by atoms with van der Waals surface area (Å²) in [4.78, 5) is 9.97. The average molecular weight is 402 g/mol. The van der Waals surface area contributed by atoms with Crippen LogP contribution in [-0.2, 0) is 11.2 Å². The third kappa shape index (κ3) is 3.23. The molecule has 1 aromatic heterocycles. The minimum atomic E-state index is 0.0598. The highest BCUT2D eigenvalue weighted by atomic mass is 16.5. The van der Waals surface area contributed by atoms with Crippen LogP contribution in [0.4, 0.5) is 0 Å². The molecule has 2 aliphatic rings. The Balaban J connectivity index is 1.39. The van der Waals surface area contributed by atoms with Crippen LogP contribution in [0, 0.1) is 0 Å². The molecule has 1 aliphatic carbocycles. The number of pyridine rings is 1. The molecule has 1 aliphatic heterocycles. The molecule has 0 spiro atoms. The number of nitrogens with zero attached hydrogens (tertiary/aromatic N) is 2. The lowest BCUT2D eigenvalue weighted by atomic mass is 9.88. The summed E-state index contributed by atoms with van der Waals surface area (Å²) in [6.45, 7) is 0. The Morgan fingerprint density at radius 1 is 0.710 bits per heavy atom. The standard InChI is InChI=1S/C28H22N2O/c1-3-10-19(11-4-1)26(20-12-5-2-6-13-20)23-16-9-17-24(29-23)28-30-27-22-15-8-7-14-21(22)18-25(27)31-28/h1-17,25-27H,18H2. The fourth-order valence-electron chi connectivity index (χ4n) is 4.78. The molecule has 4 aromatic rings. The number of aromatic nitrogens is 1. The van der Waals surface area contributed by atoms with Crippen LogP contribution in [-0.4, -0.2) is 17.0 Å². The Bertz CT molecular complexity index is 1210. The van der Waals surface area contributed by atoms with E-state index in [2.05, 4.69) is 84.9 Å². The first kappa shape index (κ1) is 18.1. The van der Waals surface area contributed by atoms with Crippen LogP contribution >= 0.6 is 0 Å². The van der Waals surface area contributed by atoms with Gasteiger partial charge in [0.2, 0.25) is 5.90 Å². The van der Waals surface area contributed by atoms with E-state index in [0.29, 0.717) is 5.90 Å². The van der Waals surface area contributed by atoms with Gasteiger partial charge in [-0.05, 0) is 34.4 Å². The maximum absolute atomic E-state index is 6.29. The number of rotatable bonds is 4. The summed E-state index contributed by atoms with van der Waals surface area (Å²) in [5.74, 6) is 0.718. The first-order valence-electron chi connectivity index (χ1n) is 10.8. The van der Waals surface area contributed by atoms with Gasteiger partial charge in [0.05, 0.1) is 11.6 Å². The summed E-state index contributed by atoms with van der Waals surface area (Å²) >= 11 is 0. The van der Waals surface area contributed by atoms with E-state index >= 15 is 0 Å². The van der Waals surface area contributed by atoms with Crippen LogP contribution in [0.5, 0.6) is 0 Å². The molecule has 0 bridgehead atoms. The molecule has 31 heavy (non-hydrogen) atoms. The van der Waals surface area contributed by atoms with Crippen molar-refractivity contribution in [3.8, 4) is 0 Å². The normalized spacial score (nSPS) is 18.9. The van der Waals surface area contributed by atoms with E-state index in [9.17, 15) is 0 Å². The second-order valence-corrected chi connectivity index (χ2v) is 8.14. The predicted octanol–water partition coefficient (Wildman–Crippen LogP) is 5.70. The van der Waals surface area contributed by atoms with Crippen molar-refractivity contribution < 1.29 is 4.74 Å². The zero-order valence-corrected chi connectivity index (χ0v) is 17.1. The van der Waals surface area contributed by atoms with Crippen LogP contribution in [0.3, 0.4) is 0 Å². The van der Waals surface area contributed by atoms with Gasteiger partial charge in [-0.1, -0.05) is 91.0 Å². The Morgan fingerprint density at radius 3 is 2.13 bits per heavy atom. The maximum atomic E-state index is 6.29. The second kappa shape index (κ2) is 7.51. The lowest BCUT2D eigenvalue weighted by molar-refractivity contribution is 0.206. The van der Waals surface area contributed by atoms with Crippen molar-refractivity contribution in [2.24, 2.45) is 4.99 Å². The van der Waals surface area contributed by atoms with Gasteiger partial charge in [-0.3, -0.25) is 0 Å². The number of fused-ring (bicyclic) bond motifs is 3. The zero-order chi connectivity index (χ0) is 20.6. The van der Waals surface area contributed by atoms with Crippen molar-refractivity contribution >= 4 is 5.90 Å². The molecule has 2 unspecified atom stereocenters. The van der Waals surface area contributed by atoms with Gasteiger partial charge >= 0.3 is 0 Å². The van der Waals surface area contributed by atoms with Gasteiger partial charge in [0.15, 0.2) is 0 Å². The van der Waals surface area contributed by atoms with E-state index in [4.69, 9.17) is 14.7 Å². The predicted molar refractivity (Wildman–Crippen MR) is 122 cm³/mol. The summed E-state index contributed by atoms with van der Waals surface area (Å²) in [6, 6.07) is 35.8. The highest BCUT2D eigenvalue weighted by Crippen LogP contribution is 2.40. The van der Waals surface area contributed by atoms with Crippen LogP contribution < -0.4 is 0 Å². The fourth-order valence-corrected chi connectivity index (χ4v) is 4.78. The largest absolute Gasteiger partial charge is 0.470 e. The highest BCUT2D eigenvalue weighted by molar-refractivity contribution is 5.94. The first-order valence-corrected chi connectivity index (χ1v) is 10.8.